The van der Waals surface area contributed by atoms with Gasteiger partial charge in [0, 0.05) is 12.6 Å². The minimum atomic E-state index is -4.06. The van der Waals surface area contributed by atoms with Crippen molar-refractivity contribution >= 4 is 16.0 Å². The summed E-state index contributed by atoms with van der Waals surface area (Å²) in [6, 6.07) is 2.10. The van der Waals surface area contributed by atoms with E-state index in [4.69, 9.17) is 9.84 Å². The monoisotopic (exact) mass is 305 g/mol. The van der Waals surface area contributed by atoms with Crippen LogP contribution in [-0.4, -0.2) is 38.7 Å². The van der Waals surface area contributed by atoms with E-state index >= 15 is 0 Å². The summed E-state index contributed by atoms with van der Waals surface area (Å²) in [6.07, 6.45) is 0. The zero-order chi connectivity index (χ0) is 15.3. The maximum Gasteiger partial charge on any atom is 0.335 e. The lowest BCUT2D eigenvalue weighted by Crippen LogP contribution is -2.36. The highest BCUT2D eigenvalue weighted by atomic mass is 32.2. The molecule has 0 bridgehead atoms. The van der Waals surface area contributed by atoms with Crippen molar-refractivity contribution in [3.8, 4) is 0 Å². The lowest BCUT2D eigenvalue weighted by atomic mass is 10.2. The van der Waals surface area contributed by atoms with Gasteiger partial charge in [-0.2, -0.15) is 0 Å². The van der Waals surface area contributed by atoms with Gasteiger partial charge in [0.1, 0.15) is 10.7 Å². The molecule has 0 aliphatic carbocycles. The average molecular weight is 305 g/mol. The largest absolute Gasteiger partial charge is 0.478 e. The lowest BCUT2D eigenvalue weighted by molar-refractivity contribution is 0.0696. The smallest absolute Gasteiger partial charge is 0.335 e. The van der Waals surface area contributed by atoms with Crippen molar-refractivity contribution in [3.63, 3.8) is 0 Å². The van der Waals surface area contributed by atoms with E-state index in [9.17, 15) is 17.6 Å². The Morgan fingerprint density at radius 2 is 2.15 bits per heavy atom. The Balaban J connectivity index is 2.95. The molecule has 0 aromatic heterocycles. The number of benzene rings is 1. The van der Waals surface area contributed by atoms with Crippen LogP contribution in [-0.2, 0) is 14.8 Å². The van der Waals surface area contributed by atoms with Gasteiger partial charge in [0.15, 0.2) is 0 Å². The molecule has 0 saturated carbocycles. The van der Waals surface area contributed by atoms with Crippen molar-refractivity contribution in [3.05, 3.63) is 29.6 Å². The third-order valence-electron chi connectivity index (χ3n) is 2.40. The topological polar surface area (TPSA) is 92.7 Å². The molecule has 0 spiro atoms. The van der Waals surface area contributed by atoms with Gasteiger partial charge in [-0.25, -0.2) is 22.3 Å². The van der Waals surface area contributed by atoms with Crippen molar-refractivity contribution < 1.29 is 27.4 Å². The molecule has 2 N–H and O–H groups in total. The molecule has 8 heteroatoms. The molecule has 1 unspecified atom stereocenters. The van der Waals surface area contributed by atoms with Gasteiger partial charge in [0.2, 0.25) is 10.0 Å². The van der Waals surface area contributed by atoms with Crippen LogP contribution in [0.15, 0.2) is 23.1 Å². The molecule has 0 aliphatic heterocycles. The summed E-state index contributed by atoms with van der Waals surface area (Å²) in [5.74, 6) is -2.44. The maximum absolute atomic E-state index is 13.7. The van der Waals surface area contributed by atoms with E-state index < -0.39 is 32.7 Å². The third-order valence-corrected chi connectivity index (χ3v) is 4.02. The van der Waals surface area contributed by atoms with E-state index in [0.29, 0.717) is 12.7 Å². The van der Waals surface area contributed by atoms with Crippen LogP contribution >= 0.6 is 0 Å². The second-order valence-electron chi connectivity index (χ2n) is 4.13. The third kappa shape index (κ3) is 4.26. The molecular weight excluding hydrogens is 289 g/mol. The number of carbonyl (C=O) groups is 1. The van der Waals surface area contributed by atoms with Gasteiger partial charge in [-0.1, -0.05) is 0 Å². The SMILES string of the molecule is CCOCC(C)NS(=O)(=O)c1ccc(C(=O)O)cc1F. The van der Waals surface area contributed by atoms with E-state index in [1.54, 1.807) is 13.8 Å². The number of hydrogen-bond acceptors (Lipinski definition) is 4. The van der Waals surface area contributed by atoms with E-state index in [-0.39, 0.29) is 12.2 Å². The zero-order valence-electron chi connectivity index (χ0n) is 11.1. The Morgan fingerprint density at radius 3 is 2.65 bits per heavy atom. The maximum atomic E-state index is 13.7. The number of aromatic carboxylic acids is 1. The molecule has 1 atom stereocenters. The number of carboxylic acid groups (broad SMARTS) is 1. The lowest BCUT2D eigenvalue weighted by Gasteiger charge is -2.14. The Hall–Kier alpha value is -1.51. The van der Waals surface area contributed by atoms with Gasteiger partial charge in [-0.3, -0.25) is 0 Å². The zero-order valence-corrected chi connectivity index (χ0v) is 11.9. The van der Waals surface area contributed by atoms with Crippen LogP contribution in [0.25, 0.3) is 0 Å². The van der Waals surface area contributed by atoms with Crippen LogP contribution in [0.2, 0.25) is 0 Å². The highest BCUT2D eigenvalue weighted by Gasteiger charge is 2.22. The fraction of sp³-hybridized carbons (Fsp3) is 0.417. The Kier molecular flexibility index (Phi) is 5.61. The highest BCUT2D eigenvalue weighted by Crippen LogP contribution is 2.16. The summed E-state index contributed by atoms with van der Waals surface area (Å²) in [5, 5.41) is 8.70. The molecule has 6 nitrogen and oxygen atoms in total. The minimum Gasteiger partial charge on any atom is -0.478 e. The molecule has 1 aromatic rings. The number of sulfonamides is 1. The van der Waals surface area contributed by atoms with Crippen LogP contribution in [0, 0.1) is 5.82 Å². The molecular formula is C12H16FNO5S. The second kappa shape index (κ2) is 6.78. The Morgan fingerprint density at radius 1 is 1.50 bits per heavy atom. The first-order valence-corrected chi connectivity index (χ1v) is 7.39. The van der Waals surface area contributed by atoms with Gasteiger partial charge in [-0.15, -0.1) is 0 Å². The van der Waals surface area contributed by atoms with Crippen LogP contribution < -0.4 is 4.72 Å². The molecule has 0 heterocycles. The van der Waals surface area contributed by atoms with E-state index in [0.717, 1.165) is 12.1 Å². The molecule has 20 heavy (non-hydrogen) atoms. The number of halogens is 1. The van der Waals surface area contributed by atoms with Crippen molar-refractivity contribution in [2.75, 3.05) is 13.2 Å². The molecule has 1 aromatic carbocycles. The van der Waals surface area contributed by atoms with Gasteiger partial charge in [-0.05, 0) is 32.0 Å². The van der Waals surface area contributed by atoms with Gasteiger partial charge < -0.3 is 9.84 Å². The van der Waals surface area contributed by atoms with Crippen LogP contribution in [0.1, 0.15) is 24.2 Å². The molecule has 0 fully saturated rings. The van der Waals surface area contributed by atoms with Crippen LogP contribution in [0.5, 0.6) is 0 Å². The Bertz CT molecular complexity index is 588. The van der Waals surface area contributed by atoms with Crippen molar-refractivity contribution in [1.82, 2.24) is 4.72 Å². The van der Waals surface area contributed by atoms with Crippen LogP contribution in [0.3, 0.4) is 0 Å². The summed E-state index contributed by atoms with van der Waals surface area (Å²) in [6.45, 7) is 3.94. The van der Waals surface area contributed by atoms with E-state index in [1.807, 2.05) is 0 Å². The highest BCUT2D eigenvalue weighted by molar-refractivity contribution is 7.89. The van der Waals surface area contributed by atoms with Gasteiger partial charge >= 0.3 is 5.97 Å². The fourth-order valence-corrected chi connectivity index (χ4v) is 2.80. The molecule has 1 rings (SSSR count). The first-order chi connectivity index (χ1) is 9.27. The van der Waals surface area contributed by atoms with Crippen molar-refractivity contribution in [2.24, 2.45) is 0 Å². The number of ether oxygens (including phenoxy) is 1. The first kappa shape index (κ1) is 16.5. The molecule has 0 radical (unpaired) electrons. The predicted molar refractivity (Wildman–Crippen MR) is 69.6 cm³/mol. The minimum absolute atomic E-state index is 0.157. The summed E-state index contributed by atoms with van der Waals surface area (Å²) in [7, 11) is -4.06. The first-order valence-electron chi connectivity index (χ1n) is 5.91. The van der Waals surface area contributed by atoms with Crippen LogP contribution in [0.4, 0.5) is 4.39 Å². The van der Waals surface area contributed by atoms with Gasteiger partial charge in [0.05, 0.1) is 12.2 Å². The number of hydrogen-bond donors (Lipinski definition) is 2. The fourth-order valence-electron chi connectivity index (χ4n) is 1.51. The summed E-state index contributed by atoms with van der Waals surface area (Å²) < 4.78 is 44.9. The Labute approximate surface area is 116 Å². The molecule has 112 valence electrons. The number of nitrogens with one attached hydrogen (secondary N) is 1. The summed E-state index contributed by atoms with van der Waals surface area (Å²) in [4.78, 5) is 10.1. The predicted octanol–water partition coefficient (Wildman–Crippen LogP) is 1.23. The average Bonchev–Trinajstić information content (AvgIpc) is 2.35. The number of rotatable bonds is 7. The normalized spacial score (nSPS) is 13.2. The number of carboxylic acids is 1. The van der Waals surface area contributed by atoms with E-state index in [2.05, 4.69) is 4.72 Å². The molecule has 0 amide bonds. The standard InChI is InChI=1S/C12H16FNO5S/c1-3-19-7-8(2)14-20(17,18)11-5-4-9(12(15)16)6-10(11)13/h4-6,8,14H,3,7H2,1-2H3,(H,15,16). The summed E-state index contributed by atoms with van der Waals surface area (Å²) in [5.41, 5.74) is -0.316. The van der Waals surface area contributed by atoms with Crippen molar-refractivity contribution in [2.45, 2.75) is 24.8 Å². The second-order valence-corrected chi connectivity index (χ2v) is 5.81. The quantitative estimate of drug-likeness (QED) is 0.790. The molecule has 0 saturated heterocycles. The van der Waals surface area contributed by atoms with Crippen molar-refractivity contribution in [1.29, 1.82) is 0 Å². The van der Waals surface area contributed by atoms with E-state index in [1.165, 1.54) is 0 Å². The molecule has 0 aliphatic rings. The summed E-state index contributed by atoms with van der Waals surface area (Å²) >= 11 is 0. The van der Waals surface area contributed by atoms with Gasteiger partial charge in [0.25, 0.3) is 0 Å².